The van der Waals surface area contributed by atoms with Crippen molar-refractivity contribution in [1.29, 1.82) is 0 Å². The van der Waals surface area contributed by atoms with Crippen molar-refractivity contribution in [2.75, 3.05) is 30.9 Å². The third-order valence-corrected chi connectivity index (χ3v) is 5.64. The van der Waals surface area contributed by atoms with Gasteiger partial charge in [-0.15, -0.1) is 0 Å². The van der Waals surface area contributed by atoms with Gasteiger partial charge in [0.1, 0.15) is 0 Å². The van der Waals surface area contributed by atoms with Crippen LogP contribution in [0.5, 0.6) is 0 Å². The van der Waals surface area contributed by atoms with Crippen LogP contribution in [0, 0.1) is 0 Å². The fourth-order valence-electron chi connectivity index (χ4n) is 2.87. The fourth-order valence-corrected chi connectivity index (χ4v) is 3.63. The number of rotatable bonds is 6. The predicted molar refractivity (Wildman–Crippen MR) is 93.7 cm³/mol. The highest BCUT2D eigenvalue weighted by atomic mass is 35.5. The number of benzene rings is 1. The largest absolute Gasteiger partial charge is 0.395 e. The molecule has 0 aromatic heterocycles. The minimum absolute atomic E-state index is 0.235. The Labute approximate surface area is 137 Å². The Morgan fingerprint density at radius 2 is 1.95 bits per heavy atom. The van der Waals surface area contributed by atoms with Gasteiger partial charge in [0.05, 0.1) is 6.61 Å². The number of hydrogen-bond donors (Lipinski definition) is 2. The monoisotopic (exact) mass is 328 g/mol. The van der Waals surface area contributed by atoms with Gasteiger partial charge in [-0.2, -0.15) is 11.8 Å². The maximum absolute atomic E-state index is 9.36. The van der Waals surface area contributed by atoms with Gasteiger partial charge in [0.2, 0.25) is 0 Å². The van der Waals surface area contributed by atoms with Crippen molar-refractivity contribution >= 4 is 29.1 Å². The van der Waals surface area contributed by atoms with Crippen LogP contribution in [0.4, 0.5) is 5.69 Å². The Morgan fingerprint density at radius 3 is 2.48 bits per heavy atom. The molecule has 1 heterocycles. The highest BCUT2D eigenvalue weighted by molar-refractivity contribution is 7.99. The van der Waals surface area contributed by atoms with Crippen LogP contribution >= 0.6 is 23.4 Å². The number of aliphatic hydroxyl groups is 1. The first-order valence-electron chi connectivity index (χ1n) is 7.54. The number of halogens is 1. The molecule has 5 heteroatoms. The molecule has 2 unspecified atom stereocenters. The van der Waals surface area contributed by atoms with Crippen LogP contribution in [0.25, 0.3) is 0 Å². The maximum Gasteiger partial charge on any atom is 0.0564 e. The Hall–Kier alpha value is -0.420. The standard InChI is InChI=1S/C16H25ClN2OS/c1-12(16(11-20)21-2)18-14-7-9-19(10-8-14)15-5-3-13(17)4-6-15/h3-6,12,14,16,18,20H,7-11H2,1-2H3. The summed E-state index contributed by atoms with van der Waals surface area (Å²) < 4.78 is 0. The summed E-state index contributed by atoms with van der Waals surface area (Å²) in [5, 5.41) is 14.1. The van der Waals surface area contributed by atoms with Crippen molar-refractivity contribution in [2.45, 2.75) is 37.1 Å². The molecule has 3 nitrogen and oxygen atoms in total. The average molecular weight is 329 g/mol. The summed E-state index contributed by atoms with van der Waals surface area (Å²) in [6.45, 7) is 4.53. The van der Waals surface area contributed by atoms with Crippen LogP contribution in [-0.4, -0.2) is 48.4 Å². The summed E-state index contributed by atoms with van der Waals surface area (Å²) in [4.78, 5) is 2.41. The zero-order valence-electron chi connectivity index (χ0n) is 12.8. The van der Waals surface area contributed by atoms with Crippen LogP contribution < -0.4 is 10.2 Å². The average Bonchev–Trinajstić information content (AvgIpc) is 2.50. The molecule has 1 fully saturated rings. The van der Waals surface area contributed by atoms with E-state index in [0.717, 1.165) is 31.0 Å². The smallest absolute Gasteiger partial charge is 0.0564 e. The van der Waals surface area contributed by atoms with Crippen molar-refractivity contribution in [2.24, 2.45) is 0 Å². The first kappa shape index (κ1) is 16.9. The lowest BCUT2D eigenvalue weighted by atomic mass is 10.0. The minimum atomic E-state index is 0.235. The molecule has 0 saturated carbocycles. The van der Waals surface area contributed by atoms with E-state index in [1.165, 1.54) is 5.69 Å². The molecule has 2 rings (SSSR count). The molecule has 21 heavy (non-hydrogen) atoms. The van der Waals surface area contributed by atoms with E-state index in [1.807, 2.05) is 12.1 Å². The molecule has 0 bridgehead atoms. The molecule has 1 aromatic carbocycles. The van der Waals surface area contributed by atoms with Crippen molar-refractivity contribution in [3.05, 3.63) is 29.3 Å². The number of hydrogen-bond acceptors (Lipinski definition) is 4. The van der Waals surface area contributed by atoms with E-state index < -0.39 is 0 Å². The van der Waals surface area contributed by atoms with Crippen LogP contribution in [-0.2, 0) is 0 Å². The minimum Gasteiger partial charge on any atom is -0.395 e. The molecule has 0 amide bonds. The third-order valence-electron chi connectivity index (χ3n) is 4.23. The van der Waals surface area contributed by atoms with E-state index in [4.69, 9.17) is 11.6 Å². The quantitative estimate of drug-likeness (QED) is 0.841. The molecule has 1 aliphatic rings. The molecule has 0 radical (unpaired) electrons. The molecule has 1 aromatic rings. The second kappa shape index (κ2) is 8.28. The summed E-state index contributed by atoms with van der Waals surface area (Å²) in [6.07, 6.45) is 4.33. The van der Waals surface area contributed by atoms with E-state index in [-0.39, 0.29) is 11.9 Å². The molecule has 1 aliphatic heterocycles. The van der Waals surface area contributed by atoms with E-state index in [0.29, 0.717) is 12.1 Å². The SMILES string of the molecule is CSC(CO)C(C)NC1CCN(c2ccc(Cl)cc2)CC1. The molecule has 0 aliphatic carbocycles. The summed E-state index contributed by atoms with van der Waals surface area (Å²) in [5.74, 6) is 0. The molecular weight excluding hydrogens is 304 g/mol. The van der Waals surface area contributed by atoms with Gasteiger partial charge < -0.3 is 15.3 Å². The van der Waals surface area contributed by atoms with E-state index in [2.05, 4.69) is 35.5 Å². The second-order valence-electron chi connectivity index (χ2n) is 5.65. The number of piperidine rings is 1. The number of anilines is 1. The van der Waals surface area contributed by atoms with Crippen molar-refractivity contribution in [3.63, 3.8) is 0 Å². The van der Waals surface area contributed by atoms with Crippen LogP contribution in [0.3, 0.4) is 0 Å². The summed E-state index contributed by atoms with van der Waals surface area (Å²) in [6, 6.07) is 8.98. The van der Waals surface area contributed by atoms with Gasteiger partial charge >= 0.3 is 0 Å². The first-order chi connectivity index (χ1) is 10.1. The van der Waals surface area contributed by atoms with Crippen molar-refractivity contribution in [3.8, 4) is 0 Å². The van der Waals surface area contributed by atoms with Crippen LogP contribution in [0.1, 0.15) is 19.8 Å². The second-order valence-corrected chi connectivity index (χ2v) is 7.16. The Balaban J connectivity index is 1.81. The van der Waals surface area contributed by atoms with Crippen molar-refractivity contribution < 1.29 is 5.11 Å². The molecule has 2 atom stereocenters. The van der Waals surface area contributed by atoms with Crippen LogP contribution in [0.2, 0.25) is 5.02 Å². The predicted octanol–water partition coefficient (Wildman–Crippen LogP) is 3.01. The highest BCUT2D eigenvalue weighted by Crippen LogP contribution is 2.22. The first-order valence-corrected chi connectivity index (χ1v) is 9.21. The van der Waals surface area contributed by atoms with Gasteiger partial charge in [-0.25, -0.2) is 0 Å². The highest BCUT2D eigenvalue weighted by Gasteiger charge is 2.23. The molecule has 2 N–H and O–H groups in total. The number of nitrogens with one attached hydrogen (secondary N) is 1. The molecule has 0 spiro atoms. The normalized spacial score (nSPS) is 19.5. The zero-order valence-corrected chi connectivity index (χ0v) is 14.3. The lowest BCUT2D eigenvalue weighted by Gasteiger charge is -2.36. The molecule has 1 saturated heterocycles. The van der Waals surface area contributed by atoms with Gasteiger partial charge in [-0.1, -0.05) is 11.6 Å². The fraction of sp³-hybridized carbons (Fsp3) is 0.625. The maximum atomic E-state index is 9.36. The van der Waals surface area contributed by atoms with Gasteiger partial charge in [0.25, 0.3) is 0 Å². The lowest BCUT2D eigenvalue weighted by molar-refractivity contribution is 0.265. The van der Waals surface area contributed by atoms with Crippen LogP contribution in [0.15, 0.2) is 24.3 Å². The number of aliphatic hydroxyl groups excluding tert-OH is 1. The van der Waals surface area contributed by atoms with E-state index in [9.17, 15) is 5.11 Å². The summed E-state index contributed by atoms with van der Waals surface area (Å²) in [7, 11) is 0. The molecular formula is C16H25ClN2OS. The molecule has 118 valence electrons. The Bertz CT molecular complexity index is 417. The van der Waals surface area contributed by atoms with Gasteiger partial charge in [-0.05, 0) is 50.3 Å². The van der Waals surface area contributed by atoms with Gasteiger partial charge in [0.15, 0.2) is 0 Å². The topological polar surface area (TPSA) is 35.5 Å². The Kier molecular flexibility index (Phi) is 6.68. The summed E-state index contributed by atoms with van der Waals surface area (Å²) >= 11 is 7.67. The van der Waals surface area contributed by atoms with Gasteiger partial charge in [0, 0.05) is 41.1 Å². The number of nitrogens with zero attached hydrogens (tertiary/aromatic N) is 1. The summed E-state index contributed by atoms with van der Waals surface area (Å²) in [5.41, 5.74) is 1.25. The van der Waals surface area contributed by atoms with Gasteiger partial charge in [-0.3, -0.25) is 0 Å². The lowest BCUT2D eigenvalue weighted by Crippen LogP contribution is -2.48. The number of thioether (sulfide) groups is 1. The Morgan fingerprint density at radius 1 is 1.33 bits per heavy atom. The third kappa shape index (κ3) is 4.78. The van der Waals surface area contributed by atoms with Crippen molar-refractivity contribution in [1.82, 2.24) is 5.32 Å². The van der Waals surface area contributed by atoms with E-state index >= 15 is 0 Å². The zero-order chi connectivity index (χ0) is 15.2. The van der Waals surface area contributed by atoms with E-state index in [1.54, 1.807) is 11.8 Å².